The Hall–Kier alpha value is -3.19. The van der Waals surface area contributed by atoms with Crippen LogP contribution >= 0.6 is 0 Å². The molecule has 0 spiro atoms. The molecular formula is C26H26N2O4S. The molecule has 5 rings (SSSR count). The first-order valence-corrected chi connectivity index (χ1v) is 12.5. The summed E-state index contributed by atoms with van der Waals surface area (Å²) in [6, 6.07) is 16.5. The van der Waals surface area contributed by atoms with E-state index in [2.05, 4.69) is 0 Å². The van der Waals surface area contributed by atoms with Crippen LogP contribution in [-0.2, 0) is 14.8 Å². The summed E-state index contributed by atoms with van der Waals surface area (Å²) in [7, 11) is -4.05. The lowest BCUT2D eigenvalue weighted by Gasteiger charge is -2.40. The number of nitrogens with zero attached hydrogens (tertiary/aromatic N) is 2. The van der Waals surface area contributed by atoms with E-state index in [9.17, 15) is 13.2 Å². The van der Waals surface area contributed by atoms with Gasteiger partial charge in [0.15, 0.2) is 0 Å². The molecule has 0 N–H and O–H groups in total. The number of hydrogen-bond donors (Lipinski definition) is 0. The van der Waals surface area contributed by atoms with Crippen LogP contribution in [0, 0.1) is 18.3 Å². The SMILES string of the molecule is Cc1ccc(S(=O)(=O)N2c3ccccc3N=C3CC(C)(C)CC(=O)C3C2c2ccco2)cc1. The molecule has 1 aliphatic carbocycles. The van der Waals surface area contributed by atoms with Gasteiger partial charge in [0.05, 0.1) is 28.5 Å². The van der Waals surface area contributed by atoms with E-state index in [1.807, 2.05) is 26.8 Å². The minimum Gasteiger partial charge on any atom is -0.467 e. The summed E-state index contributed by atoms with van der Waals surface area (Å²) >= 11 is 0. The molecule has 33 heavy (non-hydrogen) atoms. The first-order valence-electron chi connectivity index (χ1n) is 11.0. The number of hydrogen-bond acceptors (Lipinski definition) is 5. The summed E-state index contributed by atoms with van der Waals surface area (Å²) in [5.41, 5.74) is 2.38. The number of aryl methyl sites for hydroxylation is 1. The number of fused-ring (bicyclic) bond motifs is 2. The molecule has 7 heteroatoms. The highest BCUT2D eigenvalue weighted by Crippen LogP contribution is 2.49. The number of carbonyl (C=O) groups is 1. The van der Waals surface area contributed by atoms with Crippen LogP contribution in [0.15, 0.2) is 81.2 Å². The van der Waals surface area contributed by atoms with Crippen LogP contribution in [0.2, 0.25) is 0 Å². The summed E-state index contributed by atoms with van der Waals surface area (Å²) < 4.78 is 35.4. The van der Waals surface area contributed by atoms with Gasteiger partial charge in [0, 0.05) is 12.1 Å². The molecule has 2 atom stereocenters. The van der Waals surface area contributed by atoms with Gasteiger partial charge in [-0.2, -0.15) is 0 Å². The zero-order valence-corrected chi connectivity index (χ0v) is 19.7. The summed E-state index contributed by atoms with van der Waals surface area (Å²) in [5.74, 6) is -0.326. The van der Waals surface area contributed by atoms with Crippen LogP contribution in [0.1, 0.15) is 44.1 Å². The molecule has 2 aliphatic rings. The summed E-state index contributed by atoms with van der Waals surface area (Å²) in [6.07, 6.45) is 2.47. The zero-order chi connectivity index (χ0) is 23.4. The number of para-hydroxylation sites is 2. The maximum Gasteiger partial charge on any atom is 0.265 e. The summed E-state index contributed by atoms with van der Waals surface area (Å²) in [6.45, 7) is 6.00. The van der Waals surface area contributed by atoms with Crippen LogP contribution in [0.25, 0.3) is 0 Å². The molecular weight excluding hydrogens is 436 g/mol. The fourth-order valence-electron chi connectivity index (χ4n) is 4.92. The van der Waals surface area contributed by atoms with E-state index < -0.39 is 22.0 Å². The number of ketones is 1. The van der Waals surface area contributed by atoms with Gasteiger partial charge in [-0.25, -0.2) is 8.42 Å². The van der Waals surface area contributed by atoms with E-state index in [4.69, 9.17) is 9.41 Å². The minimum absolute atomic E-state index is 0.0247. The lowest BCUT2D eigenvalue weighted by atomic mass is 9.68. The van der Waals surface area contributed by atoms with Gasteiger partial charge in [0.1, 0.15) is 17.6 Å². The first-order chi connectivity index (χ1) is 15.7. The smallest absolute Gasteiger partial charge is 0.265 e. The van der Waals surface area contributed by atoms with Crippen molar-refractivity contribution in [1.29, 1.82) is 0 Å². The van der Waals surface area contributed by atoms with Crippen molar-refractivity contribution in [3.8, 4) is 0 Å². The van der Waals surface area contributed by atoms with Crippen LogP contribution in [0.3, 0.4) is 0 Å². The number of anilines is 1. The Morgan fingerprint density at radius 1 is 1.00 bits per heavy atom. The van der Waals surface area contributed by atoms with Crippen LogP contribution in [-0.4, -0.2) is 19.9 Å². The molecule has 0 radical (unpaired) electrons. The van der Waals surface area contributed by atoms with Crippen molar-refractivity contribution in [2.75, 3.05) is 4.31 Å². The molecule has 1 fully saturated rings. The maximum atomic E-state index is 14.2. The Bertz CT molecular complexity index is 1340. The molecule has 2 unspecified atom stereocenters. The standard InChI is InChI=1S/C26H26N2O4S/c1-17-10-12-18(13-11-17)33(30,31)28-21-8-5-4-7-19(21)27-20-15-26(2,3)16-22(29)24(20)25(28)23-9-6-14-32-23/h4-14,24-25H,15-16H2,1-3H3. The second-order valence-electron chi connectivity index (χ2n) is 9.63. The van der Waals surface area contributed by atoms with Gasteiger partial charge in [-0.1, -0.05) is 43.7 Å². The zero-order valence-electron chi connectivity index (χ0n) is 18.9. The number of furan rings is 1. The van der Waals surface area contributed by atoms with Gasteiger partial charge in [-0.05, 0) is 55.2 Å². The van der Waals surface area contributed by atoms with Crippen LogP contribution in [0.5, 0.6) is 0 Å². The molecule has 3 aromatic rings. The van der Waals surface area contributed by atoms with Crippen molar-refractivity contribution >= 4 is 32.9 Å². The van der Waals surface area contributed by atoms with E-state index in [1.54, 1.807) is 54.6 Å². The normalized spacial score (nSPS) is 22.2. The molecule has 170 valence electrons. The second-order valence-corrected chi connectivity index (χ2v) is 11.4. The highest BCUT2D eigenvalue weighted by molar-refractivity contribution is 7.92. The lowest BCUT2D eigenvalue weighted by Crippen LogP contribution is -2.47. The Morgan fingerprint density at radius 2 is 1.73 bits per heavy atom. The number of Topliss-reactive ketones (excluding diaryl/α,β-unsaturated/α-hetero) is 1. The highest BCUT2D eigenvalue weighted by atomic mass is 32.2. The van der Waals surface area contributed by atoms with E-state index in [0.29, 0.717) is 35.7 Å². The van der Waals surface area contributed by atoms with E-state index >= 15 is 0 Å². The molecule has 0 saturated heterocycles. The molecule has 6 nitrogen and oxygen atoms in total. The molecule has 1 aromatic heterocycles. The number of rotatable bonds is 3. The topological polar surface area (TPSA) is 80.0 Å². The summed E-state index contributed by atoms with van der Waals surface area (Å²) in [4.78, 5) is 18.6. The second kappa shape index (κ2) is 7.70. The number of aliphatic imine (C=N–C) groups is 1. The van der Waals surface area contributed by atoms with E-state index in [0.717, 1.165) is 5.56 Å². The van der Waals surface area contributed by atoms with Crippen molar-refractivity contribution in [2.24, 2.45) is 16.3 Å². The Labute approximate surface area is 194 Å². The minimum atomic E-state index is -4.05. The van der Waals surface area contributed by atoms with Crippen molar-refractivity contribution in [2.45, 2.75) is 44.6 Å². The van der Waals surface area contributed by atoms with Gasteiger partial charge in [-0.3, -0.25) is 14.1 Å². The molecule has 2 aromatic carbocycles. The van der Waals surface area contributed by atoms with Gasteiger partial charge < -0.3 is 4.42 Å². The van der Waals surface area contributed by atoms with Gasteiger partial charge in [0.2, 0.25) is 0 Å². The average molecular weight is 463 g/mol. The average Bonchev–Trinajstić information content (AvgIpc) is 3.22. The third-order valence-corrected chi connectivity index (χ3v) is 8.19. The quantitative estimate of drug-likeness (QED) is 0.506. The van der Waals surface area contributed by atoms with Gasteiger partial charge >= 0.3 is 0 Å². The molecule has 1 saturated carbocycles. The first kappa shape index (κ1) is 21.6. The van der Waals surface area contributed by atoms with Crippen molar-refractivity contribution in [3.05, 3.63) is 78.3 Å². The van der Waals surface area contributed by atoms with Crippen molar-refractivity contribution in [3.63, 3.8) is 0 Å². The van der Waals surface area contributed by atoms with Crippen LogP contribution < -0.4 is 4.31 Å². The third kappa shape index (κ3) is 3.70. The molecule has 2 heterocycles. The number of sulfonamides is 1. The van der Waals surface area contributed by atoms with Crippen molar-refractivity contribution < 1.29 is 17.6 Å². The Kier molecular flexibility index (Phi) is 5.05. The van der Waals surface area contributed by atoms with Crippen LogP contribution in [0.4, 0.5) is 11.4 Å². The fourth-order valence-corrected chi connectivity index (χ4v) is 6.57. The number of carbonyl (C=O) groups excluding carboxylic acids is 1. The molecule has 0 amide bonds. The monoisotopic (exact) mass is 462 g/mol. The third-order valence-electron chi connectivity index (χ3n) is 6.38. The fraction of sp³-hybridized carbons (Fsp3) is 0.308. The van der Waals surface area contributed by atoms with E-state index in [-0.39, 0.29) is 16.1 Å². The maximum absolute atomic E-state index is 14.2. The Morgan fingerprint density at radius 3 is 2.42 bits per heavy atom. The molecule has 1 aliphatic heterocycles. The molecule has 0 bridgehead atoms. The Balaban J connectivity index is 1.79. The largest absolute Gasteiger partial charge is 0.467 e. The lowest BCUT2D eigenvalue weighted by molar-refractivity contribution is -0.124. The predicted octanol–water partition coefficient (Wildman–Crippen LogP) is 5.62. The van der Waals surface area contributed by atoms with Gasteiger partial charge in [-0.15, -0.1) is 0 Å². The highest BCUT2D eigenvalue weighted by Gasteiger charge is 2.50. The van der Waals surface area contributed by atoms with Crippen molar-refractivity contribution in [1.82, 2.24) is 0 Å². The number of benzene rings is 2. The summed E-state index contributed by atoms with van der Waals surface area (Å²) in [5, 5.41) is 0. The van der Waals surface area contributed by atoms with Gasteiger partial charge in [0.25, 0.3) is 10.0 Å². The predicted molar refractivity (Wildman–Crippen MR) is 127 cm³/mol. The van der Waals surface area contributed by atoms with E-state index in [1.165, 1.54) is 10.6 Å².